The first kappa shape index (κ1) is 12.8. The molecule has 6 heteroatoms. The molecule has 74 valence electrons. The summed E-state index contributed by atoms with van der Waals surface area (Å²) in [4.78, 5) is 0. The average Bonchev–Trinajstić information content (AvgIpc) is 1.97. The molecule has 0 spiro atoms. The lowest BCUT2D eigenvalue weighted by molar-refractivity contribution is -0.311. The second-order valence-electron chi connectivity index (χ2n) is 2.44. The van der Waals surface area contributed by atoms with Gasteiger partial charge in [-0.25, -0.2) is 0 Å². The fourth-order valence-corrected chi connectivity index (χ4v) is 1.26. The van der Waals surface area contributed by atoms with Crippen LogP contribution in [0.1, 0.15) is 12.8 Å². The highest BCUT2D eigenvalue weighted by Gasteiger charge is 2.35. The Morgan fingerprint density at radius 2 is 1.67 bits per heavy atom. The molecule has 2 unspecified atom stereocenters. The van der Waals surface area contributed by atoms with Gasteiger partial charge in [0.1, 0.15) is 5.38 Å². The van der Waals surface area contributed by atoms with E-state index in [2.05, 4.69) is 0 Å². The van der Waals surface area contributed by atoms with Crippen molar-refractivity contribution in [3.05, 3.63) is 0 Å². The molecular weight excluding hydrogens is 226 g/mol. The van der Waals surface area contributed by atoms with Crippen LogP contribution in [0.25, 0.3) is 0 Å². The van der Waals surface area contributed by atoms with Crippen LogP contribution in [0, 0.1) is 0 Å². The molecule has 2 atom stereocenters. The van der Waals surface area contributed by atoms with Gasteiger partial charge in [-0.2, -0.15) is 0 Å². The Labute approximate surface area is 85.9 Å². The Kier molecular flexibility index (Phi) is 5.82. The van der Waals surface area contributed by atoms with E-state index in [4.69, 9.17) is 50.1 Å². The van der Waals surface area contributed by atoms with Gasteiger partial charge in [0, 0.05) is 5.88 Å². The molecule has 0 aliphatic heterocycles. The maximum absolute atomic E-state index is 8.62. The monoisotopic (exact) mass is 236 g/mol. The SMILES string of the molecule is OC(O)(O)C(Cl)C(Cl)CCCCl. The summed E-state index contributed by atoms with van der Waals surface area (Å²) in [7, 11) is 0. The average molecular weight is 238 g/mol. The maximum atomic E-state index is 8.62. The molecule has 0 saturated heterocycles. The molecule has 0 heterocycles. The Morgan fingerprint density at radius 1 is 1.17 bits per heavy atom. The minimum atomic E-state index is -2.93. The van der Waals surface area contributed by atoms with E-state index in [0.717, 1.165) is 0 Å². The first-order chi connectivity index (χ1) is 5.39. The number of hydrogen-bond acceptors (Lipinski definition) is 3. The molecule has 0 amide bonds. The second-order valence-corrected chi connectivity index (χ2v) is 3.85. The highest BCUT2D eigenvalue weighted by atomic mass is 35.5. The third kappa shape index (κ3) is 4.70. The minimum Gasteiger partial charge on any atom is -0.342 e. The van der Waals surface area contributed by atoms with Gasteiger partial charge in [0.25, 0.3) is 5.97 Å². The second kappa shape index (κ2) is 5.47. The summed E-state index contributed by atoms with van der Waals surface area (Å²) in [5, 5.41) is 23.8. The quantitative estimate of drug-likeness (QED) is 0.491. The number of rotatable bonds is 5. The van der Waals surface area contributed by atoms with Crippen molar-refractivity contribution in [2.75, 3.05) is 5.88 Å². The summed E-state index contributed by atoms with van der Waals surface area (Å²) < 4.78 is 0. The van der Waals surface area contributed by atoms with E-state index in [1.54, 1.807) is 0 Å². The third-order valence-corrected chi connectivity index (χ3v) is 2.76. The summed E-state index contributed by atoms with van der Waals surface area (Å²) in [6.07, 6.45) is 1.03. The van der Waals surface area contributed by atoms with Crippen LogP contribution in [0.15, 0.2) is 0 Å². The topological polar surface area (TPSA) is 60.7 Å². The van der Waals surface area contributed by atoms with Crippen LogP contribution in [-0.2, 0) is 0 Å². The van der Waals surface area contributed by atoms with Gasteiger partial charge >= 0.3 is 0 Å². The molecule has 0 fully saturated rings. The van der Waals surface area contributed by atoms with Crippen LogP contribution in [-0.4, -0.2) is 37.9 Å². The number of alkyl halides is 3. The van der Waals surface area contributed by atoms with Crippen molar-refractivity contribution in [2.45, 2.75) is 29.6 Å². The third-order valence-electron chi connectivity index (χ3n) is 1.30. The van der Waals surface area contributed by atoms with Crippen molar-refractivity contribution in [3.8, 4) is 0 Å². The van der Waals surface area contributed by atoms with Gasteiger partial charge in [-0.15, -0.1) is 34.8 Å². The molecule has 0 bridgehead atoms. The largest absolute Gasteiger partial charge is 0.342 e. The molecule has 0 radical (unpaired) electrons. The molecule has 3 N–H and O–H groups in total. The number of halogens is 3. The zero-order chi connectivity index (χ0) is 9.78. The van der Waals surface area contributed by atoms with Crippen molar-refractivity contribution in [1.29, 1.82) is 0 Å². The van der Waals surface area contributed by atoms with E-state index in [-0.39, 0.29) is 0 Å². The van der Waals surface area contributed by atoms with Crippen molar-refractivity contribution >= 4 is 34.8 Å². The zero-order valence-electron chi connectivity index (χ0n) is 6.25. The highest BCUT2D eigenvalue weighted by molar-refractivity contribution is 6.30. The van der Waals surface area contributed by atoms with Gasteiger partial charge in [0.15, 0.2) is 0 Å². The van der Waals surface area contributed by atoms with Crippen LogP contribution in [0.3, 0.4) is 0 Å². The summed E-state index contributed by atoms with van der Waals surface area (Å²) in [5.41, 5.74) is 0. The first-order valence-electron chi connectivity index (χ1n) is 3.40. The Bertz CT molecular complexity index is 126. The van der Waals surface area contributed by atoms with E-state index in [9.17, 15) is 0 Å². The van der Waals surface area contributed by atoms with Crippen LogP contribution in [0.5, 0.6) is 0 Å². The van der Waals surface area contributed by atoms with E-state index >= 15 is 0 Å². The van der Waals surface area contributed by atoms with E-state index in [1.165, 1.54) is 0 Å². The van der Waals surface area contributed by atoms with Crippen LogP contribution >= 0.6 is 34.8 Å². The summed E-state index contributed by atoms with van der Waals surface area (Å²) in [6, 6.07) is 0. The molecule has 0 rings (SSSR count). The van der Waals surface area contributed by atoms with E-state index in [0.29, 0.717) is 18.7 Å². The lowest BCUT2D eigenvalue weighted by Gasteiger charge is -2.23. The Hall–Kier alpha value is 0.750. The Morgan fingerprint density at radius 3 is 2.00 bits per heavy atom. The van der Waals surface area contributed by atoms with Crippen LogP contribution < -0.4 is 0 Å². The number of hydrogen-bond donors (Lipinski definition) is 3. The van der Waals surface area contributed by atoms with Crippen molar-refractivity contribution in [3.63, 3.8) is 0 Å². The molecule has 3 nitrogen and oxygen atoms in total. The molecular formula is C6H11Cl3O3. The van der Waals surface area contributed by atoms with Gasteiger partial charge in [0.05, 0.1) is 5.38 Å². The molecule has 0 aliphatic rings. The highest BCUT2D eigenvalue weighted by Crippen LogP contribution is 2.22. The summed E-state index contributed by atoms with van der Waals surface area (Å²) in [5.74, 6) is -2.51. The standard InChI is InChI=1S/C6H11Cl3O3/c7-3-1-2-4(8)5(9)6(10,11)12/h4-5,10-12H,1-3H2. The number of aliphatic hydroxyl groups is 3. The van der Waals surface area contributed by atoms with Gasteiger partial charge < -0.3 is 15.3 Å². The molecule has 0 aromatic rings. The van der Waals surface area contributed by atoms with Crippen molar-refractivity contribution < 1.29 is 15.3 Å². The minimum absolute atomic E-state index is 0.419. The van der Waals surface area contributed by atoms with E-state index < -0.39 is 16.7 Å². The lowest BCUT2D eigenvalue weighted by atomic mass is 10.1. The van der Waals surface area contributed by atoms with E-state index in [1.807, 2.05) is 0 Å². The van der Waals surface area contributed by atoms with Crippen LogP contribution in [0.2, 0.25) is 0 Å². The summed E-state index contributed by atoms with van der Waals surface area (Å²) in [6.45, 7) is 0. The molecule has 0 aliphatic carbocycles. The summed E-state index contributed by atoms with van der Waals surface area (Å²) >= 11 is 16.4. The fraction of sp³-hybridized carbons (Fsp3) is 1.00. The first-order valence-corrected chi connectivity index (χ1v) is 4.81. The Balaban J connectivity index is 3.84. The van der Waals surface area contributed by atoms with Gasteiger partial charge in [-0.1, -0.05) is 0 Å². The normalized spacial score (nSPS) is 17.5. The predicted octanol–water partition coefficient (Wildman–Crippen LogP) is 0.851. The van der Waals surface area contributed by atoms with Gasteiger partial charge in [0.2, 0.25) is 0 Å². The van der Waals surface area contributed by atoms with Crippen LogP contribution in [0.4, 0.5) is 0 Å². The van der Waals surface area contributed by atoms with Crippen molar-refractivity contribution in [1.82, 2.24) is 0 Å². The predicted molar refractivity (Wildman–Crippen MR) is 48.6 cm³/mol. The van der Waals surface area contributed by atoms with Gasteiger partial charge in [-0.05, 0) is 12.8 Å². The molecule has 12 heavy (non-hydrogen) atoms. The molecule has 0 saturated carbocycles. The molecule has 0 aromatic heterocycles. The smallest absolute Gasteiger partial charge is 0.294 e. The molecule has 0 aromatic carbocycles. The van der Waals surface area contributed by atoms with Crippen molar-refractivity contribution in [2.24, 2.45) is 0 Å². The lowest BCUT2D eigenvalue weighted by Crippen LogP contribution is -2.43. The zero-order valence-corrected chi connectivity index (χ0v) is 8.52. The van der Waals surface area contributed by atoms with Gasteiger partial charge in [-0.3, -0.25) is 0 Å². The maximum Gasteiger partial charge on any atom is 0.294 e. The fourth-order valence-electron chi connectivity index (χ4n) is 0.661.